The van der Waals surface area contributed by atoms with Crippen molar-refractivity contribution in [3.8, 4) is 0 Å². The number of nitrogens with zero attached hydrogens (tertiary/aromatic N) is 1. The number of amides is 3. The van der Waals surface area contributed by atoms with Crippen LogP contribution in [0.5, 0.6) is 0 Å². The normalized spacial score (nSPS) is 25.9. The maximum Gasteiger partial charge on any atom is 0.325 e. The van der Waals surface area contributed by atoms with Crippen LogP contribution >= 0.6 is 11.8 Å². The first-order valence-corrected chi connectivity index (χ1v) is 7.93. The number of rotatable bonds is 3. The van der Waals surface area contributed by atoms with Gasteiger partial charge in [0.05, 0.1) is 6.54 Å². The van der Waals surface area contributed by atoms with Gasteiger partial charge >= 0.3 is 6.03 Å². The minimum atomic E-state index is -1.48. The summed E-state index contributed by atoms with van der Waals surface area (Å²) in [5.74, 6) is -0.652. The number of hydrogen-bond acceptors (Lipinski definition) is 4. The minimum Gasteiger partial charge on any atom is -0.386 e. The van der Waals surface area contributed by atoms with E-state index in [0.29, 0.717) is 12.2 Å². The zero-order chi connectivity index (χ0) is 15.9. The van der Waals surface area contributed by atoms with E-state index in [1.807, 2.05) is 0 Å². The summed E-state index contributed by atoms with van der Waals surface area (Å²) in [5.41, 5.74) is -1.19. The lowest BCUT2D eigenvalue weighted by Gasteiger charge is -2.21. The topological polar surface area (TPSA) is 69.6 Å². The van der Waals surface area contributed by atoms with Gasteiger partial charge in [0.25, 0.3) is 5.91 Å². The molecule has 2 aliphatic rings. The Bertz CT molecular complexity index is 635. The van der Waals surface area contributed by atoms with Crippen LogP contribution in [0.2, 0.25) is 0 Å². The Balaban J connectivity index is 1.79. The highest BCUT2D eigenvalue weighted by Crippen LogP contribution is 2.34. The lowest BCUT2D eigenvalue weighted by molar-refractivity contribution is -0.131. The Hall–Kier alpha value is -1.67. The van der Waals surface area contributed by atoms with Gasteiger partial charge in [-0.3, -0.25) is 9.69 Å². The molecule has 0 bridgehead atoms. The number of aliphatic hydroxyl groups excluding tert-OH is 1. The number of carbonyl (C=O) groups is 2. The number of halogens is 2. The van der Waals surface area contributed by atoms with Gasteiger partial charge in [0.15, 0.2) is 0 Å². The molecule has 2 saturated heterocycles. The molecule has 0 radical (unpaired) electrons. The molecular weight excluding hydrogens is 314 g/mol. The highest BCUT2D eigenvalue weighted by Gasteiger charge is 2.53. The molecule has 0 saturated carbocycles. The fourth-order valence-corrected chi connectivity index (χ4v) is 4.04. The van der Waals surface area contributed by atoms with Gasteiger partial charge in [0, 0.05) is 11.3 Å². The van der Waals surface area contributed by atoms with Gasteiger partial charge in [-0.2, -0.15) is 11.8 Å². The Morgan fingerprint density at radius 1 is 1.41 bits per heavy atom. The van der Waals surface area contributed by atoms with Gasteiger partial charge in [-0.1, -0.05) is 0 Å². The van der Waals surface area contributed by atoms with Crippen molar-refractivity contribution in [2.75, 3.05) is 18.1 Å². The molecule has 0 unspecified atom stereocenters. The van der Waals surface area contributed by atoms with Gasteiger partial charge < -0.3 is 10.4 Å². The quantitative estimate of drug-likeness (QED) is 0.824. The average molecular weight is 328 g/mol. The van der Waals surface area contributed by atoms with Gasteiger partial charge in [-0.15, -0.1) is 0 Å². The molecule has 1 aromatic rings. The summed E-state index contributed by atoms with van der Waals surface area (Å²) in [5, 5.41) is 12.7. The lowest BCUT2D eigenvalue weighted by atomic mass is 9.99. The number of aliphatic hydroxyl groups is 1. The van der Waals surface area contributed by atoms with Crippen molar-refractivity contribution in [2.45, 2.75) is 18.1 Å². The van der Waals surface area contributed by atoms with Crippen molar-refractivity contribution in [3.63, 3.8) is 0 Å². The van der Waals surface area contributed by atoms with Gasteiger partial charge in [0.1, 0.15) is 23.3 Å². The third-order valence-corrected chi connectivity index (χ3v) is 5.13. The number of β-amino-alcohol motifs (C(OH)–C–C–N with tert-alkyl or cyclic N) is 1. The number of hydrogen-bond donors (Lipinski definition) is 2. The van der Waals surface area contributed by atoms with E-state index in [1.54, 1.807) is 11.8 Å². The second kappa shape index (κ2) is 5.51. The van der Waals surface area contributed by atoms with Crippen molar-refractivity contribution < 1.29 is 23.5 Å². The first-order chi connectivity index (χ1) is 10.4. The zero-order valence-corrected chi connectivity index (χ0v) is 12.3. The van der Waals surface area contributed by atoms with E-state index in [2.05, 4.69) is 5.32 Å². The zero-order valence-electron chi connectivity index (χ0n) is 11.5. The van der Waals surface area contributed by atoms with Gasteiger partial charge in [-0.25, -0.2) is 13.6 Å². The number of urea groups is 1. The van der Waals surface area contributed by atoms with Crippen LogP contribution < -0.4 is 5.32 Å². The predicted octanol–water partition coefficient (Wildman–Crippen LogP) is 1.43. The van der Waals surface area contributed by atoms with Crippen LogP contribution in [0.1, 0.15) is 18.1 Å². The molecule has 22 heavy (non-hydrogen) atoms. The van der Waals surface area contributed by atoms with Crippen LogP contribution in [-0.4, -0.2) is 45.5 Å². The SMILES string of the molecule is O=C1N[C@]2(CCSC2)C(=O)N1C[C@@H](O)c1cc(F)ccc1F. The molecule has 118 valence electrons. The highest BCUT2D eigenvalue weighted by molar-refractivity contribution is 7.99. The third-order valence-electron chi connectivity index (χ3n) is 3.94. The van der Waals surface area contributed by atoms with Crippen molar-refractivity contribution in [1.82, 2.24) is 10.2 Å². The molecule has 0 aliphatic carbocycles. The van der Waals surface area contributed by atoms with E-state index in [0.717, 1.165) is 28.9 Å². The molecule has 2 aliphatic heterocycles. The largest absolute Gasteiger partial charge is 0.386 e. The molecule has 3 amide bonds. The Kier molecular flexibility index (Phi) is 3.82. The molecule has 8 heteroatoms. The molecule has 2 heterocycles. The minimum absolute atomic E-state index is 0.276. The Morgan fingerprint density at radius 2 is 2.18 bits per heavy atom. The van der Waals surface area contributed by atoms with E-state index < -0.39 is 41.8 Å². The number of imide groups is 1. The molecule has 2 fully saturated rings. The van der Waals surface area contributed by atoms with Crippen molar-refractivity contribution in [1.29, 1.82) is 0 Å². The van der Waals surface area contributed by atoms with E-state index in [9.17, 15) is 23.5 Å². The third kappa shape index (κ3) is 2.46. The fourth-order valence-electron chi connectivity index (χ4n) is 2.72. The standard InChI is InChI=1S/C14H14F2N2O3S/c15-8-1-2-10(16)9(5-8)11(19)6-18-12(20)14(17-13(18)21)3-4-22-7-14/h1-2,5,11,19H,3-4,6-7H2,(H,17,21)/t11-,14+/m1/s1. The second-order valence-electron chi connectivity index (χ2n) is 5.41. The van der Waals surface area contributed by atoms with Crippen LogP contribution in [-0.2, 0) is 4.79 Å². The average Bonchev–Trinajstić information content (AvgIpc) is 3.03. The molecule has 3 rings (SSSR count). The smallest absolute Gasteiger partial charge is 0.325 e. The maximum atomic E-state index is 13.6. The van der Waals surface area contributed by atoms with Crippen LogP contribution in [0.3, 0.4) is 0 Å². The Morgan fingerprint density at radius 3 is 2.86 bits per heavy atom. The van der Waals surface area contributed by atoms with E-state index in [4.69, 9.17) is 0 Å². The molecule has 1 spiro atoms. The summed E-state index contributed by atoms with van der Waals surface area (Å²) >= 11 is 1.56. The molecule has 1 aromatic carbocycles. The first kappa shape index (κ1) is 15.2. The number of benzene rings is 1. The van der Waals surface area contributed by atoms with Crippen LogP contribution in [0.25, 0.3) is 0 Å². The monoisotopic (exact) mass is 328 g/mol. The first-order valence-electron chi connectivity index (χ1n) is 6.78. The summed E-state index contributed by atoms with van der Waals surface area (Å²) in [6.45, 7) is -0.405. The van der Waals surface area contributed by atoms with Crippen molar-refractivity contribution in [2.24, 2.45) is 0 Å². The number of carbonyl (C=O) groups excluding carboxylic acids is 2. The van der Waals surface area contributed by atoms with E-state index in [1.165, 1.54) is 0 Å². The summed E-state index contributed by atoms with van der Waals surface area (Å²) in [6.07, 6.45) is -0.946. The summed E-state index contributed by atoms with van der Waals surface area (Å²) in [6, 6.07) is 2.08. The van der Waals surface area contributed by atoms with Crippen LogP contribution in [0.4, 0.5) is 13.6 Å². The highest BCUT2D eigenvalue weighted by atomic mass is 32.2. The van der Waals surface area contributed by atoms with E-state index in [-0.39, 0.29) is 5.56 Å². The number of thioether (sulfide) groups is 1. The molecule has 2 N–H and O–H groups in total. The molecular formula is C14H14F2N2O3S. The maximum absolute atomic E-state index is 13.6. The fraction of sp³-hybridized carbons (Fsp3) is 0.429. The van der Waals surface area contributed by atoms with Crippen LogP contribution in [0.15, 0.2) is 18.2 Å². The molecule has 2 atom stereocenters. The summed E-state index contributed by atoms with van der Waals surface area (Å²) in [4.78, 5) is 25.3. The summed E-state index contributed by atoms with van der Waals surface area (Å²) < 4.78 is 26.8. The van der Waals surface area contributed by atoms with Gasteiger partial charge in [0.2, 0.25) is 0 Å². The summed E-state index contributed by atoms with van der Waals surface area (Å²) in [7, 11) is 0. The Labute approximate surface area is 129 Å². The predicted molar refractivity (Wildman–Crippen MR) is 76.2 cm³/mol. The second-order valence-corrected chi connectivity index (χ2v) is 6.52. The van der Waals surface area contributed by atoms with Crippen molar-refractivity contribution in [3.05, 3.63) is 35.4 Å². The van der Waals surface area contributed by atoms with E-state index >= 15 is 0 Å². The molecule has 0 aromatic heterocycles. The molecule has 5 nitrogen and oxygen atoms in total. The van der Waals surface area contributed by atoms with Crippen LogP contribution in [0, 0.1) is 11.6 Å². The lowest BCUT2D eigenvalue weighted by Crippen LogP contribution is -2.47. The number of nitrogens with one attached hydrogen (secondary N) is 1. The van der Waals surface area contributed by atoms with Gasteiger partial charge in [-0.05, 0) is 30.4 Å². The van der Waals surface area contributed by atoms with Crippen molar-refractivity contribution >= 4 is 23.7 Å².